The number of ether oxygens (including phenoxy) is 2. The Balaban J connectivity index is 1.43. The van der Waals surface area contributed by atoms with Crippen molar-refractivity contribution in [2.75, 3.05) is 19.1 Å². The lowest BCUT2D eigenvalue weighted by atomic mass is 9.53. The molecule has 6 rings (SSSR count). The molecule has 0 saturated heterocycles. The van der Waals surface area contributed by atoms with Crippen molar-refractivity contribution < 1.29 is 27.5 Å². The SMILES string of the molecule is COC(=O)C1=C(C(=O)OC)N(c2ccc(S(=O)(=O)NC34CC5CC(CC(C5)C3)C4)cc2)C=CC=C1. The van der Waals surface area contributed by atoms with Crippen LogP contribution in [0.3, 0.4) is 0 Å². The van der Waals surface area contributed by atoms with Gasteiger partial charge in [0.2, 0.25) is 10.0 Å². The predicted molar refractivity (Wildman–Crippen MR) is 129 cm³/mol. The van der Waals surface area contributed by atoms with E-state index in [9.17, 15) is 18.0 Å². The number of methoxy groups -OCH3 is 2. The van der Waals surface area contributed by atoms with Gasteiger partial charge in [-0.1, -0.05) is 6.08 Å². The maximum absolute atomic E-state index is 13.4. The number of benzene rings is 1. The zero-order chi connectivity index (χ0) is 24.8. The van der Waals surface area contributed by atoms with Gasteiger partial charge in [0, 0.05) is 17.4 Å². The van der Waals surface area contributed by atoms with Crippen molar-refractivity contribution >= 4 is 27.6 Å². The van der Waals surface area contributed by atoms with E-state index < -0.39 is 22.0 Å². The van der Waals surface area contributed by atoms with E-state index >= 15 is 0 Å². The third kappa shape index (κ3) is 4.43. The van der Waals surface area contributed by atoms with E-state index in [4.69, 9.17) is 9.47 Å². The van der Waals surface area contributed by atoms with Gasteiger partial charge < -0.3 is 14.4 Å². The number of rotatable bonds is 6. The second kappa shape index (κ2) is 8.95. The van der Waals surface area contributed by atoms with Crippen LogP contribution in [0.15, 0.2) is 64.9 Å². The molecule has 4 aliphatic carbocycles. The maximum Gasteiger partial charge on any atom is 0.355 e. The Morgan fingerprint density at radius 3 is 2.03 bits per heavy atom. The quantitative estimate of drug-likeness (QED) is 0.600. The van der Waals surface area contributed by atoms with Gasteiger partial charge in [-0.05, 0) is 92.7 Å². The molecule has 4 fully saturated rings. The number of allylic oxidation sites excluding steroid dienone is 2. The van der Waals surface area contributed by atoms with Crippen molar-refractivity contribution in [2.24, 2.45) is 17.8 Å². The van der Waals surface area contributed by atoms with Crippen molar-refractivity contribution in [3.8, 4) is 0 Å². The van der Waals surface area contributed by atoms with Crippen molar-refractivity contribution in [3.05, 3.63) is 60.0 Å². The molecule has 8 nitrogen and oxygen atoms in total. The van der Waals surface area contributed by atoms with Crippen LogP contribution in [0.2, 0.25) is 0 Å². The fraction of sp³-hybridized carbons (Fsp3) is 0.462. The average molecular weight is 499 g/mol. The Bertz CT molecular complexity index is 1190. The number of carbonyl (C=O) groups excluding carboxylic acids is 2. The third-order valence-corrected chi connectivity index (χ3v) is 9.30. The molecular formula is C26H30N2O6S. The van der Waals surface area contributed by atoms with Crippen molar-refractivity contribution in [1.82, 2.24) is 4.72 Å². The fourth-order valence-electron chi connectivity index (χ4n) is 6.73. The van der Waals surface area contributed by atoms with E-state index in [1.165, 1.54) is 56.6 Å². The molecule has 5 aliphatic rings. The number of anilines is 1. The molecule has 0 aromatic heterocycles. The zero-order valence-corrected chi connectivity index (χ0v) is 20.7. The summed E-state index contributed by atoms with van der Waals surface area (Å²) in [6.07, 6.45) is 12.8. The van der Waals surface area contributed by atoms with Gasteiger partial charge in [0.1, 0.15) is 5.70 Å². The molecule has 4 saturated carbocycles. The molecule has 1 aromatic rings. The lowest BCUT2D eigenvalue weighted by Crippen LogP contribution is -2.59. The molecule has 0 unspecified atom stereocenters. The summed E-state index contributed by atoms with van der Waals surface area (Å²) in [6.45, 7) is 0. The highest BCUT2D eigenvalue weighted by atomic mass is 32.2. The highest BCUT2D eigenvalue weighted by Crippen LogP contribution is 2.56. The molecule has 35 heavy (non-hydrogen) atoms. The highest BCUT2D eigenvalue weighted by Gasteiger charge is 2.52. The number of sulfonamides is 1. The van der Waals surface area contributed by atoms with Crippen LogP contribution in [0.4, 0.5) is 5.69 Å². The minimum atomic E-state index is -3.72. The van der Waals surface area contributed by atoms with Crippen LogP contribution in [0.5, 0.6) is 0 Å². The third-order valence-electron chi connectivity index (χ3n) is 7.70. The molecule has 1 aliphatic heterocycles. The van der Waals surface area contributed by atoms with Crippen LogP contribution in [0, 0.1) is 17.8 Å². The molecular weight excluding hydrogens is 468 g/mol. The van der Waals surface area contributed by atoms with Crippen LogP contribution in [-0.2, 0) is 29.1 Å². The smallest absolute Gasteiger partial charge is 0.355 e. The van der Waals surface area contributed by atoms with Crippen LogP contribution in [0.1, 0.15) is 38.5 Å². The van der Waals surface area contributed by atoms with Gasteiger partial charge in [-0.2, -0.15) is 0 Å². The predicted octanol–water partition coefficient (Wildman–Crippen LogP) is 3.42. The van der Waals surface area contributed by atoms with Crippen molar-refractivity contribution in [2.45, 2.75) is 49.0 Å². The molecule has 0 spiro atoms. The van der Waals surface area contributed by atoms with Crippen molar-refractivity contribution in [3.63, 3.8) is 0 Å². The Kier molecular flexibility index (Phi) is 6.09. The first kappa shape index (κ1) is 23.8. The average Bonchev–Trinajstić information content (AvgIpc) is 3.04. The summed E-state index contributed by atoms with van der Waals surface area (Å²) in [7, 11) is -1.25. The second-order valence-electron chi connectivity index (χ2n) is 10.1. The number of nitrogens with zero attached hydrogens (tertiary/aromatic N) is 1. The summed E-state index contributed by atoms with van der Waals surface area (Å²) in [5.74, 6) is 0.475. The van der Waals surface area contributed by atoms with E-state index in [2.05, 4.69) is 4.72 Å². The fourth-order valence-corrected chi connectivity index (χ4v) is 8.16. The lowest BCUT2D eigenvalue weighted by molar-refractivity contribution is -0.139. The number of esters is 2. The maximum atomic E-state index is 13.4. The van der Waals surface area contributed by atoms with Gasteiger partial charge in [-0.3, -0.25) is 0 Å². The van der Waals surface area contributed by atoms with Crippen molar-refractivity contribution in [1.29, 1.82) is 0 Å². The molecule has 4 bridgehead atoms. The first-order valence-corrected chi connectivity index (χ1v) is 13.4. The second-order valence-corrected chi connectivity index (χ2v) is 11.8. The van der Waals surface area contributed by atoms with Gasteiger partial charge in [-0.25, -0.2) is 22.7 Å². The topological polar surface area (TPSA) is 102 Å². The van der Waals surface area contributed by atoms with Gasteiger partial charge >= 0.3 is 11.9 Å². The standard InChI is InChI=1S/C26H30N2O6S/c1-33-24(29)22-5-3-4-10-28(23(22)25(30)34-2)20-6-8-21(9-7-20)35(31,32)27-26-14-17-11-18(15-26)13-19(12-17)16-26/h3-10,17-19,27H,11-16H2,1-2H3. The summed E-state index contributed by atoms with van der Waals surface area (Å²) in [6, 6.07) is 6.28. The van der Waals surface area contributed by atoms with E-state index in [0.29, 0.717) is 23.4 Å². The Morgan fingerprint density at radius 1 is 0.914 bits per heavy atom. The van der Waals surface area contributed by atoms with Gasteiger partial charge in [-0.15, -0.1) is 0 Å². The molecule has 0 amide bonds. The molecule has 1 heterocycles. The van der Waals surface area contributed by atoms with E-state index in [0.717, 1.165) is 19.3 Å². The summed E-state index contributed by atoms with van der Waals surface area (Å²) in [4.78, 5) is 26.6. The molecule has 9 heteroatoms. The van der Waals surface area contributed by atoms with E-state index in [-0.39, 0.29) is 21.7 Å². The first-order chi connectivity index (χ1) is 16.7. The summed E-state index contributed by atoms with van der Waals surface area (Å²) in [5.41, 5.74) is 0.179. The van der Waals surface area contributed by atoms with Gasteiger partial charge in [0.15, 0.2) is 0 Å². The molecule has 0 radical (unpaired) electrons. The Labute approximate surface area is 205 Å². The largest absolute Gasteiger partial charge is 0.465 e. The number of carbonyl (C=O) groups is 2. The Morgan fingerprint density at radius 2 is 1.49 bits per heavy atom. The van der Waals surface area contributed by atoms with Crippen LogP contribution in [-0.4, -0.2) is 40.1 Å². The molecule has 0 atom stereocenters. The van der Waals surface area contributed by atoms with E-state index in [1.807, 2.05) is 0 Å². The minimum Gasteiger partial charge on any atom is -0.465 e. The normalized spacial score (nSPS) is 29.3. The number of hydrogen-bond donors (Lipinski definition) is 1. The van der Waals surface area contributed by atoms with Crippen LogP contribution < -0.4 is 9.62 Å². The highest BCUT2D eigenvalue weighted by molar-refractivity contribution is 7.89. The van der Waals surface area contributed by atoms with Gasteiger partial charge in [0.25, 0.3) is 0 Å². The molecule has 1 aromatic carbocycles. The van der Waals surface area contributed by atoms with E-state index in [1.54, 1.807) is 30.5 Å². The molecule has 1 N–H and O–H groups in total. The minimum absolute atomic E-state index is 0.0216. The summed E-state index contributed by atoms with van der Waals surface area (Å²) < 4.78 is 39.6. The zero-order valence-electron chi connectivity index (χ0n) is 19.9. The molecule has 186 valence electrons. The van der Waals surface area contributed by atoms with Crippen LogP contribution >= 0.6 is 0 Å². The van der Waals surface area contributed by atoms with Gasteiger partial charge in [0.05, 0.1) is 24.7 Å². The first-order valence-electron chi connectivity index (χ1n) is 11.9. The lowest BCUT2D eigenvalue weighted by Gasteiger charge is -2.56. The number of hydrogen-bond acceptors (Lipinski definition) is 7. The monoisotopic (exact) mass is 498 g/mol. The summed E-state index contributed by atoms with van der Waals surface area (Å²) >= 11 is 0. The van der Waals surface area contributed by atoms with Crippen LogP contribution in [0.25, 0.3) is 0 Å². The number of nitrogens with one attached hydrogen (secondary N) is 1. The summed E-state index contributed by atoms with van der Waals surface area (Å²) in [5, 5.41) is 0. The Hall–Kier alpha value is -2.91.